The molecule has 7 heteroatoms. The molecule has 0 aliphatic rings. The van der Waals surface area contributed by atoms with Gasteiger partial charge in [0.2, 0.25) is 0 Å². The predicted octanol–water partition coefficient (Wildman–Crippen LogP) is 0.885. The lowest BCUT2D eigenvalue weighted by atomic mass is 10.4. The highest BCUT2D eigenvalue weighted by molar-refractivity contribution is 5.91. The molecule has 1 aromatic rings. The molecule has 0 saturated carbocycles. The van der Waals surface area contributed by atoms with Crippen molar-refractivity contribution in [3.05, 3.63) is 24.4 Å². The maximum absolute atomic E-state index is 11.2. The minimum atomic E-state index is -0.568. The van der Waals surface area contributed by atoms with Crippen molar-refractivity contribution in [1.82, 2.24) is 10.4 Å². The van der Waals surface area contributed by atoms with Gasteiger partial charge < -0.3 is 14.9 Å². The molecule has 2 N–H and O–H groups in total. The van der Waals surface area contributed by atoms with Crippen LogP contribution < -0.4 is 10.9 Å². The molecule has 1 rings (SSSR count). The number of ether oxygens (including phenoxy) is 2. The van der Waals surface area contributed by atoms with Gasteiger partial charge in [-0.2, -0.15) is 0 Å². The van der Waals surface area contributed by atoms with Crippen LogP contribution in [0, 0.1) is 0 Å². The standard InChI is InChI=1S/C13H19N3O4/c1-2-19-12(17)10-13(18)20-9-5-8-15-16-11-6-3-4-7-14-11/h3-4,6-7,15H,2,5,8-10H2,1H3,(H,14,16). The number of hydrogen-bond acceptors (Lipinski definition) is 7. The van der Waals surface area contributed by atoms with Gasteiger partial charge in [0.25, 0.3) is 0 Å². The lowest BCUT2D eigenvalue weighted by molar-refractivity contribution is -0.154. The summed E-state index contributed by atoms with van der Waals surface area (Å²) < 4.78 is 9.53. The smallest absolute Gasteiger partial charge is 0.317 e. The van der Waals surface area contributed by atoms with Gasteiger partial charge in [-0.3, -0.25) is 9.59 Å². The highest BCUT2D eigenvalue weighted by atomic mass is 16.6. The monoisotopic (exact) mass is 281 g/mol. The van der Waals surface area contributed by atoms with Gasteiger partial charge in [0, 0.05) is 12.7 Å². The number of anilines is 1. The first-order valence-electron chi connectivity index (χ1n) is 6.43. The van der Waals surface area contributed by atoms with Crippen LogP contribution in [0.15, 0.2) is 24.4 Å². The number of hydrazine groups is 1. The Bertz CT molecular complexity index is 411. The zero-order valence-corrected chi connectivity index (χ0v) is 11.4. The fourth-order valence-corrected chi connectivity index (χ4v) is 1.32. The van der Waals surface area contributed by atoms with Crippen molar-refractivity contribution in [2.45, 2.75) is 19.8 Å². The first-order valence-corrected chi connectivity index (χ1v) is 6.43. The van der Waals surface area contributed by atoms with Crippen LogP contribution in [-0.4, -0.2) is 36.7 Å². The lowest BCUT2D eigenvalue weighted by Gasteiger charge is -2.07. The van der Waals surface area contributed by atoms with Crippen LogP contribution in [0.3, 0.4) is 0 Å². The van der Waals surface area contributed by atoms with E-state index in [1.54, 1.807) is 13.1 Å². The topological polar surface area (TPSA) is 89.6 Å². The van der Waals surface area contributed by atoms with Crippen molar-refractivity contribution >= 4 is 17.8 Å². The van der Waals surface area contributed by atoms with E-state index in [4.69, 9.17) is 4.74 Å². The fraction of sp³-hybridized carbons (Fsp3) is 0.462. The molecule has 0 atom stereocenters. The molecule has 0 unspecified atom stereocenters. The Morgan fingerprint density at radius 3 is 2.75 bits per heavy atom. The van der Waals surface area contributed by atoms with Gasteiger partial charge in [-0.1, -0.05) is 6.07 Å². The van der Waals surface area contributed by atoms with E-state index in [-0.39, 0.29) is 19.6 Å². The number of nitrogens with zero attached hydrogens (tertiary/aromatic N) is 1. The molecule has 0 aromatic carbocycles. The summed E-state index contributed by atoms with van der Waals surface area (Å²) in [5, 5.41) is 0. The molecule has 0 saturated heterocycles. The van der Waals surface area contributed by atoms with Crippen molar-refractivity contribution in [1.29, 1.82) is 0 Å². The van der Waals surface area contributed by atoms with Crippen molar-refractivity contribution in [3.8, 4) is 0 Å². The Labute approximate surface area is 117 Å². The number of carbonyl (C=O) groups is 2. The summed E-state index contributed by atoms with van der Waals surface area (Å²) in [7, 11) is 0. The quantitative estimate of drug-likeness (QED) is 0.300. The normalized spacial score (nSPS) is 9.85. The second-order valence-electron chi connectivity index (χ2n) is 3.82. The first-order chi connectivity index (χ1) is 9.72. The SMILES string of the molecule is CCOC(=O)CC(=O)OCCCNNc1ccccn1. The van der Waals surface area contributed by atoms with Crippen LogP contribution >= 0.6 is 0 Å². The summed E-state index contributed by atoms with van der Waals surface area (Å²) in [6.45, 7) is 2.79. The number of esters is 2. The largest absolute Gasteiger partial charge is 0.466 e. The summed E-state index contributed by atoms with van der Waals surface area (Å²) in [5.41, 5.74) is 5.85. The summed E-state index contributed by atoms with van der Waals surface area (Å²) >= 11 is 0. The maximum Gasteiger partial charge on any atom is 0.317 e. The van der Waals surface area contributed by atoms with Crippen LogP contribution in [0.5, 0.6) is 0 Å². The Balaban J connectivity index is 1.99. The Kier molecular flexibility index (Phi) is 7.74. The van der Waals surface area contributed by atoms with Gasteiger partial charge in [0.05, 0.1) is 13.2 Å². The van der Waals surface area contributed by atoms with E-state index in [0.29, 0.717) is 18.8 Å². The number of rotatable bonds is 9. The first kappa shape index (κ1) is 15.9. The Morgan fingerprint density at radius 2 is 2.05 bits per heavy atom. The Hall–Kier alpha value is -2.15. The maximum atomic E-state index is 11.2. The molecule has 0 bridgehead atoms. The van der Waals surface area contributed by atoms with Gasteiger partial charge in [-0.05, 0) is 25.5 Å². The summed E-state index contributed by atoms with van der Waals surface area (Å²) in [6, 6.07) is 5.52. The third-order valence-electron chi connectivity index (χ3n) is 2.18. The molecule has 0 spiro atoms. The molecule has 20 heavy (non-hydrogen) atoms. The van der Waals surface area contributed by atoms with Crippen molar-refractivity contribution in [2.24, 2.45) is 0 Å². The molecule has 110 valence electrons. The van der Waals surface area contributed by atoms with Crippen molar-refractivity contribution in [3.63, 3.8) is 0 Å². The molecule has 0 aliphatic carbocycles. The average Bonchev–Trinajstić information content (AvgIpc) is 2.44. The van der Waals surface area contributed by atoms with E-state index in [1.807, 2.05) is 18.2 Å². The van der Waals surface area contributed by atoms with E-state index >= 15 is 0 Å². The second kappa shape index (κ2) is 9.74. The number of hydrogen-bond donors (Lipinski definition) is 2. The number of aromatic nitrogens is 1. The molecule has 1 heterocycles. The summed E-state index contributed by atoms with van der Waals surface area (Å²) in [6.07, 6.45) is 1.96. The predicted molar refractivity (Wildman–Crippen MR) is 72.7 cm³/mol. The minimum absolute atomic E-state index is 0.245. The summed E-state index contributed by atoms with van der Waals surface area (Å²) in [5.74, 6) is -0.416. The highest BCUT2D eigenvalue weighted by Crippen LogP contribution is 1.97. The van der Waals surface area contributed by atoms with Gasteiger partial charge >= 0.3 is 11.9 Å². The molecular formula is C13H19N3O4. The molecule has 7 nitrogen and oxygen atoms in total. The second-order valence-corrected chi connectivity index (χ2v) is 3.82. The molecule has 0 fully saturated rings. The van der Waals surface area contributed by atoms with E-state index in [2.05, 4.69) is 20.6 Å². The van der Waals surface area contributed by atoms with E-state index in [9.17, 15) is 9.59 Å². The van der Waals surface area contributed by atoms with Crippen molar-refractivity contribution in [2.75, 3.05) is 25.2 Å². The highest BCUT2D eigenvalue weighted by Gasteiger charge is 2.10. The van der Waals surface area contributed by atoms with Crippen LogP contribution in [0.25, 0.3) is 0 Å². The average molecular weight is 281 g/mol. The number of carbonyl (C=O) groups excluding carboxylic acids is 2. The summed E-state index contributed by atoms with van der Waals surface area (Å²) in [4.78, 5) is 26.3. The lowest BCUT2D eigenvalue weighted by Crippen LogP contribution is -2.24. The van der Waals surface area contributed by atoms with Crippen LogP contribution in [0.1, 0.15) is 19.8 Å². The van der Waals surface area contributed by atoms with Gasteiger partial charge in [0.15, 0.2) is 0 Å². The third-order valence-corrected chi connectivity index (χ3v) is 2.18. The van der Waals surface area contributed by atoms with Crippen LogP contribution in [-0.2, 0) is 19.1 Å². The fourth-order valence-electron chi connectivity index (χ4n) is 1.32. The number of nitrogens with one attached hydrogen (secondary N) is 2. The zero-order chi connectivity index (χ0) is 14.6. The Morgan fingerprint density at radius 1 is 1.25 bits per heavy atom. The van der Waals surface area contributed by atoms with Gasteiger partial charge in [0.1, 0.15) is 12.2 Å². The molecular weight excluding hydrogens is 262 g/mol. The zero-order valence-electron chi connectivity index (χ0n) is 11.4. The molecule has 0 amide bonds. The van der Waals surface area contributed by atoms with E-state index in [0.717, 1.165) is 0 Å². The molecule has 1 aromatic heterocycles. The number of pyridine rings is 1. The van der Waals surface area contributed by atoms with E-state index in [1.165, 1.54) is 0 Å². The van der Waals surface area contributed by atoms with Crippen LogP contribution in [0.4, 0.5) is 5.82 Å². The minimum Gasteiger partial charge on any atom is -0.466 e. The molecule has 0 radical (unpaired) electrons. The van der Waals surface area contributed by atoms with Crippen LogP contribution in [0.2, 0.25) is 0 Å². The van der Waals surface area contributed by atoms with Gasteiger partial charge in [-0.15, -0.1) is 0 Å². The molecule has 0 aliphatic heterocycles. The van der Waals surface area contributed by atoms with Crippen molar-refractivity contribution < 1.29 is 19.1 Å². The van der Waals surface area contributed by atoms with E-state index < -0.39 is 11.9 Å². The van der Waals surface area contributed by atoms with Gasteiger partial charge in [-0.25, -0.2) is 10.4 Å². The third kappa shape index (κ3) is 7.32.